The van der Waals surface area contributed by atoms with Gasteiger partial charge in [0.15, 0.2) is 5.13 Å². The van der Waals surface area contributed by atoms with Crippen molar-refractivity contribution >= 4 is 27.8 Å². The van der Waals surface area contributed by atoms with Crippen molar-refractivity contribution in [3.63, 3.8) is 0 Å². The van der Waals surface area contributed by atoms with Crippen LogP contribution in [-0.2, 0) is 6.42 Å². The summed E-state index contributed by atoms with van der Waals surface area (Å²) in [6.45, 7) is 0. The highest BCUT2D eigenvalue weighted by Crippen LogP contribution is 2.33. The van der Waals surface area contributed by atoms with Crippen molar-refractivity contribution in [1.29, 1.82) is 0 Å². The monoisotopic (exact) mass is 273 g/mol. The molecule has 3 aromatic rings. The maximum absolute atomic E-state index is 5.83. The summed E-state index contributed by atoms with van der Waals surface area (Å²) < 4.78 is 0. The maximum Gasteiger partial charge on any atom is 0.180 e. The Morgan fingerprint density at radius 2 is 2.11 bits per heavy atom. The second-order valence-electron chi connectivity index (χ2n) is 3.80. The Bertz CT molecular complexity index is 630. The number of thiazole rings is 1. The smallest absolute Gasteiger partial charge is 0.180 e. The number of anilines is 1. The number of nitrogens with two attached hydrogens (primary N) is 1. The van der Waals surface area contributed by atoms with E-state index in [1.807, 2.05) is 30.5 Å². The Balaban J connectivity index is 1.98. The van der Waals surface area contributed by atoms with Gasteiger partial charge in [-0.25, -0.2) is 4.98 Å². The lowest BCUT2D eigenvalue weighted by Gasteiger charge is -1.99. The molecule has 5 heteroatoms. The van der Waals surface area contributed by atoms with Gasteiger partial charge in [-0.15, -0.1) is 22.7 Å². The Labute approximate surface area is 113 Å². The summed E-state index contributed by atoms with van der Waals surface area (Å²) >= 11 is 3.22. The summed E-state index contributed by atoms with van der Waals surface area (Å²) in [6.07, 6.45) is 2.59. The van der Waals surface area contributed by atoms with Gasteiger partial charge in [-0.1, -0.05) is 12.1 Å². The van der Waals surface area contributed by atoms with Crippen LogP contribution in [-0.4, -0.2) is 9.97 Å². The minimum atomic E-state index is 0.615. The Morgan fingerprint density at radius 1 is 1.17 bits per heavy atom. The number of pyridine rings is 1. The Morgan fingerprint density at radius 3 is 2.83 bits per heavy atom. The third kappa shape index (κ3) is 2.27. The predicted molar refractivity (Wildman–Crippen MR) is 76.9 cm³/mol. The molecule has 18 heavy (non-hydrogen) atoms. The lowest BCUT2D eigenvalue weighted by molar-refractivity contribution is 1.09. The molecule has 3 aromatic heterocycles. The molecule has 0 atom stereocenters. The largest absolute Gasteiger partial charge is 0.375 e. The van der Waals surface area contributed by atoms with Crippen LogP contribution < -0.4 is 5.73 Å². The third-order valence-corrected chi connectivity index (χ3v) is 4.30. The number of nitrogen functional groups attached to an aromatic ring is 1. The van der Waals surface area contributed by atoms with E-state index in [2.05, 4.69) is 21.4 Å². The molecule has 0 amide bonds. The molecule has 90 valence electrons. The molecule has 2 N–H and O–H groups in total. The van der Waals surface area contributed by atoms with Crippen LogP contribution in [0.3, 0.4) is 0 Å². The summed E-state index contributed by atoms with van der Waals surface area (Å²) in [5.74, 6) is 0. The first-order valence-electron chi connectivity index (χ1n) is 5.52. The molecule has 0 fully saturated rings. The summed E-state index contributed by atoms with van der Waals surface area (Å²) in [5, 5.41) is 2.67. The van der Waals surface area contributed by atoms with E-state index < -0.39 is 0 Å². The average molecular weight is 273 g/mol. The van der Waals surface area contributed by atoms with Gasteiger partial charge < -0.3 is 5.73 Å². The van der Waals surface area contributed by atoms with Crippen LogP contribution in [0, 0.1) is 0 Å². The summed E-state index contributed by atoms with van der Waals surface area (Å²) in [4.78, 5) is 11.1. The molecule has 0 radical (unpaired) electrons. The zero-order valence-electron chi connectivity index (χ0n) is 9.54. The van der Waals surface area contributed by atoms with Gasteiger partial charge in [0.25, 0.3) is 0 Å². The number of nitrogens with zero attached hydrogens (tertiary/aromatic N) is 2. The average Bonchev–Trinajstić information content (AvgIpc) is 3.00. The molecule has 3 rings (SSSR count). The van der Waals surface area contributed by atoms with Crippen molar-refractivity contribution in [2.24, 2.45) is 0 Å². The molecular weight excluding hydrogens is 262 g/mol. The topological polar surface area (TPSA) is 51.8 Å². The minimum absolute atomic E-state index is 0.615. The number of aromatic nitrogens is 2. The number of hydrogen-bond donors (Lipinski definition) is 1. The predicted octanol–water partition coefficient (Wildman–Crippen LogP) is 3.44. The van der Waals surface area contributed by atoms with E-state index in [1.54, 1.807) is 22.7 Å². The second-order valence-corrected chi connectivity index (χ2v) is 5.86. The molecule has 0 spiro atoms. The lowest BCUT2D eigenvalue weighted by atomic mass is 10.2. The Hall–Kier alpha value is -1.72. The molecule has 3 heterocycles. The SMILES string of the molecule is Nc1nc(-c2cccs2)c(Cc2ccccn2)s1. The number of thiophene rings is 1. The van der Waals surface area contributed by atoms with Crippen LogP contribution in [0.5, 0.6) is 0 Å². The fraction of sp³-hybridized carbons (Fsp3) is 0.0769. The summed E-state index contributed by atoms with van der Waals surface area (Å²) in [7, 11) is 0. The summed E-state index contributed by atoms with van der Waals surface area (Å²) in [6, 6.07) is 10.0. The van der Waals surface area contributed by atoms with Gasteiger partial charge in [0.2, 0.25) is 0 Å². The van der Waals surface area contributed by atoms with Crippen molar-refractivity contribution in [2.75, 3.05) is 5.73 Å². The van der Waals surface area contributed by atoms with E-state index in [0.29, 0.717) is 5.13 Å². The molecule has 0 saturated heterocycles. The number of rotatable bonds is 3. The first kappa shape index (κ1) is 11.4. The first-order valence-corrected chi connectivity index (χ1v) is 7.21. The third-order valence-electron chi connectivity index (χ3n) is 2.54. The second kappa shape index (κ2) is 4.88. The van der Waals surface area contributed by atoms with Crippen molar-refractivity contribution in [1.82, 2.24) is 9.97 Å². The van der Waals surface area contributed by atoms with Gasteiger partial charge in [-0.3, -0.25) is 4.98 Å². The highest BCUT2D eigenvalue weighted by molar-refractivity contribution is 7.17. The molecule has 0 unspecified atom stereocenters. The lowest BCUT2D eigenvalue weighted by Crippen LogP contribution is -1.90. The minimum Gasteiger partial charge on any atom is -0.375 e. The van der Waals surface area contributed by atoms with E-state index in [0.717, 1.165) is 22.7 Å². The van der Waals surface area contributed by atoms with E-state index in [4.69, 9.17) is 5.73 Å². The van der Waals surface area contributed by atoms with Crippen LogP contribution in [0.1, 0.15) is 10.6 Å². The van der Waals surface area contributed by atoms with Crippen molar-refractivity contribution in [3.05, 3.63) is 52.5 Å². The standard InChI is InChI=1S/C13H11N3S2/c14-13-16-12(10-5-3-7-17-10)11(18-13)8-9-4-1-2-6-15-9/h1-7H,8H2,(H2,14,16). The van der Waals surface area contributed by atoms with Crippen LogP contribution in [0.25, 0.3) is 10.6 Å². The molecular formula is C13H11N3S2. The van der Waals surface area contributed by atoms with Gasteiger partial charge in [0.05, 0.1) is 10.6 Å². The van der Waals surface area contributed by atoms with Gasteiger partial charge in [0, 0.05) is 23.2 Å². The van der Waals surface area contributed by atoms with Crippen LogP contribution in [0.2, 0.25) is 0 Å². The van der Waals surface area contributed by atoms with Crippen LogP contribution in [0.15, 0.2) is 41.9 Å². The van der Waals surface area contributed by atoms with E-state index in [1.165, 1.54) is 4.88 Å². The molecule has 3 nitrogen and oxygen atoms in total. The number of hydrogen-bond acceptors (Lipinski definition) is 5. The molecule has 0 aliphatic carbocycles. The van der Waals surface area contributed by atoms with Crippen LogP contribution >= 0.6 is 22.7 Å². The molecule has 0 saturated carbocycles. The highest BCUT2D eigenvalue weighted by atomic mass is 32.1. The van der Waals surface area contributed by atoms with Crippen molar-refractivity contribution in [3.8, 4) is 10.6 Å². The first-order chi connectivity index (χ1) is 8.83. The molecule has 0 aromatic carbocycles. The van der Waals surface area contributed by atoms with Gasteiger partial charge in [-0.2, -0.15) is 0 Å². The van der Waals surface area contributed by atoms with E-state index in [-0.39, 0.29) is 0 Å². The molecule has 0 aliphatic rings. The zero-order chi connectivity index (χ0) is 12.4. The van der Waals surface area contributed by atoms with E-state index in [9.17, 15) is 0 Å². The fourth-order valence-electron chi connectivity index (χ4n) is 1.76. The fourth-order valence-corrected chi connectivity index (χ4v) is 3.43. The molecule has 0 aliphatic heterocycles. The molecule has 0 bridgehead atoms. The van der Waals surface area contributed by atoms with Crippen molar-refractivity contribution < 1.29 is 0 Å². The highest BCUT2D eigenvalue weighted by Gasteiger charge is 2.13. The van der Waals surface area contributed by atoms with Gasteiger partial charge >= 0.3 is 0 Å². The van der Waals surface area contributed by atoms with Crippen LogP contribution in [0.4, 0.5) is 5.13 Å². The maximum atomic E-state index is 5.83. The summed E-state index contributed by atoms with van der Waals surface area (Å²) in [5.41, 5.74) is 7.87. The quantitative estimate of drug-likeness (QED) is 0.795. The normalized spacial score (nSPS) is 10.7. The van der Waals surface area contributed by atoms with Gasteiger partial charge in [0.1, 0.15) is 0 Å². The Kier molecular flexibility index (Phi) is 3.08. The van der Waals surface area contributed by atoms with Gasteiger partial charge in [-0.05, 0) is 23.6 Å². The van der Waals surface area contributed by atoms with Crippen molar-refractivity contribution in [2.45, 2.75) is 6.42 Å². The zero-order valence-corrected chi connectivity index (χ0v) is 11.2. The van der Waals surface area contributed by atoms with E-state index >= 15 is 0 Å².